The first-order valence-electron chi connectivity index (χ1n) is 13.7. The summed E-state index contributed by atoms with van der Waals surface area (Å²) in [5, 5.41) is 6.32. The molecule has 3 N–H and O–H groups in total. The SMILES string of the molecule is Cc1cc(-c2ccc(NS(=O)(=O)CCC(F)(F)F)c(Cl)c2)nc2cnc(NC3CCC(NC(=O)OC(C)(C)C)CC3)nc12. The molecule has 0 bridgehead atoms. The van der Waals surface area contributed by atoms with E-state index in [2.05, 4.69) is 30.3 Å². The molecule has 2 heterocycles. The number of pyridine rings is 1. The Morgan fingerprint density at radius 2 is 1.74 bits per heavy atom. The van der Waals surface area contributed by atoms with Crippen molar-refractivity contribution in [2.24, 2.45) is 0 Å². The van der Waals surface area contributed by atoms with Crippen LogP contribution in [0.1, 0.15) is 58.4 Å². The molecule has 0 unspecified atom stereocenters. The third kappa shape index (κ3) is 9.55. The van der Waals surface area contributed by atoms with Gasteiger partial charge in [-0.05, 0) is 77.1 Å². The van der Waals surface area contributed by atoms with Gasteiger partial charge in [-0.1, -0.05) is 17.7 Å². The smallest absolute Gasteiger partial charge is 0.407 e. The van der Waals surface area contributed by atoms with Crippen LogP contribution in [0.3, 0.4) is 0 Å². The Kier molecular flexibility index (Phi) is 9.60. The molecule has 1 aromatic carbocycles. The Morgan fingerprint density at radius 1 is 1.07 bits per heavy atom. The number of amides is 1. The fourth-order valence-electron chi connectivity index (χ4n) is 4.67. The Bertz CT molecular complexity index is 1590. The highest BCUT2D eigenvalue weighted by atomic mass is 35.5. The standard InChI is InChI=1S/C28H34ClF3N6O4S/c1-16-13-22(17-5-10-21(20(29)14-17)38-43(40,41)12-11-28(30,31)32)36-23-15-33-25(37-24(16)23)34-18-6-8-19(9-7-18)35-26(39)42-27(2,3)4/h5,10,13-15,18-19,38H,6-9,11-12H2,1-4H3,(H,35,39)(H,33,34,37). The molecule has 0 radical (unpaired) electrons. The summed E-state index contributed by atoms with van der Waals surface area (Å²) in [5.41, 5.74) is 2.56. The topological polar surface area (TPSA) is 135 Å². The minimum absolute atomic E-state index is 0.0134. The third-order valence-electron chi connectivity index (χ3n) is 6.70. The molecule has 3 aromatic rings. The van der Waals surface area contributed by atoms with Gasteiger partial charge >= 0.3 is 12.3 Å². The van der Waals surface area contributed by atoms with Crippen LogP contribution in [0.4, 0.5) is 29.6 Å². The number of nitrogens with zero attached hydrogens (tertiary/aromatic N) is 3. The molecule has 10 nitrogen and oxygen atoms in total. The van der Waals surface area contributed by atoms with Crippen molar-refractivity contribution in [1.29, 1.82) is 0 Å². The Labute approximate surface area is 253 Å². The molecule has 1 aliphatic rings. The first kappa shape index (κ1) is 32.5. The molecule has 0 atom stereocenters. The van der Waals surface area contributed by atoms with Gasteiger partial charge in [0.1, 0.15) is 11.1 Å². The monoisotopic (exact) mass is 642 g/mol. The molecule has 1 aliphatic carbocycles. The van der Waals surface area contributed by atoms with Crippen LogP contribution in [0.15, 0.2) is 30.5 Å². The van der Waals surface area contributed by atoms with Crippen LogP contribution in [0.2, 0.25) is 5.02 Å². The predicted octanol–water partition coefficient (Wildman–Crippen LogP) is 6.60. The second kappa shape index (κ2) is 12.7. The maximum atomic E-state index is 12.4. The van der Waals surface area contributed by atoms with Crippen molar-refractivity contribution in [2.45, 2.75) is 83.7 Å². The molecule has 2 aromatic heterocycles. The van der Waals surface area contributed by atoms with E-state index in [4.69, 9.17) is 16.3 Å². The van der Waals surface area contributed by atoms with Gasteiger partial charge in [0.2, 0.25) is 16.0 Å². The highest BCUT2D eigenvalue weighted by molar-refractivity contribution is 7.92. The zero-order valence-electron chi connectivity index (χ0n) is 24.2. The van der Waals surface area contributed by atoms with Crippen LogP contribution in [0, 0.1) is 6.92 Å². The number of hydrogen-bond donors (Lipinski definition) is 3. The van der Waals surface area contributed by atoms with Crippen LogP contribution in [0.5, 0.6) is 0 Å². The van der Waals surface area contributed by atoms with Crippen molar-refractivity contribution in [2.75, 3.05) is 15.8 Å². The lowest BCUT2D eigenvalue weighted by molar-refractivity contribution is -0.129. The summed E-state index contributed by atoms with van der Waals surface area (Å²) in [4.78, 5) is 25.8. The fourth-order valence-corrected chi connectivity index (χ4v) is 6.06. The quantitative estimate of drug-likeness (QED) is 0.250. The van der Waals surface area contributed by atoms with Crippen molar-refractivity contribution < 1.29 is 31.1 Å². The summed E-state index contributed by atoms with van der Waals surface area (Å²) >= 11 is 6.27. The lowest BCUT2D eigenvalue weighted by Gasteiger charge is -2.30. The maximum absolute atomic E-state index is 12.4. The number of carbonyl (C=O) groups is 1. The van der Waals surface area contributed by atoms with Gasteiger partial charge in [0, 0.05) is 17.6 Å². The number of halogens is 4. The van der Waals surface area contributed by atoms with Crippen LogP contribution < -0.4 is 15.4 Å². The summed E-state index contributed by atoms with van der Waals surface area (Å²) in [5.74, 6) is -0.637. The first-order valence-corrected chi connectivity index (χ1v) is 15.8. The summed E-state index contributed by atoms with van der Waals surface area (Å²) < 4.78 is 68.9. The van der Waals surface area contributed by atoms with Gasteiger partial charge in [-0.25, -0.2) is 28.2 Å². The molecule has 0 spiro atoms. The third-order valence-corrected chi connectivity index (χ3v) is 8.29. The lowest BCUT2D eigenvalue weighted by atomic mass is 9.91. The zero-order chi connectivity index (χ0) is 31.6. The Balaban J connectivity index is 1.40. The van der Waals surface area contributed by atoms with E-state index < -0.39 is 40.1 Å². The number of alkyl halides is 3. The molecule has 0 aliphatic heterocycles. The number of sulfonamides is 1. The van der Waals surface area contributed by atoms with E-state index in [1.54, 1.807) is 12.3 Å². The minimum atomic E-state index is -4.59. The molecule has 1 saturated carbocycles. The van der Waals surface area contributed by atoms with Crippen molar-refractivity contribution in [3.8, 4) is 11.3 Å². The molecule has 0 saturated heterocycles. The van der Waals surface area contributed by atoms with Crippen LogP contribution in [-0.2, 0) is 14.8 Å². The zero-order valence-corrected chi connectivity index (χ0v) is 25.8. The summed E-state index contributed by atoms with van der Waals surface area (Å²) in [6.07, 6.45) is -1.61. The molecule has 1 fully saturated rings. The van der Waals surface area contributed by atoms with Gasteiger partial charge in [0.05, 0.1) is 40.3 Å². The first-order chi connectivity index (χ1) is 20.0. The van der Waals surface area contributed by atoms with Gasteiger partial charge in [-0.15, -0.1) is 0 Å². The van der Waals surface area contributed by atoms with Crippen LogP contribution >= 0.6 is 11.6 Å². The van der Waals surface area contributed by atoms with E-state index in [0.717, 1.165) is 31.2 Å². The number of anilines is 2. The van der Waals surface area contributed by atoms with Crippen LogP contribution in [-0.4, -0.2) is 59.1 Å². The number of fused-ring (bicyclic) bond motifs is 1. The number of ether oxygens (including phenoxy) is 1. The summed E-state index contributed by atoms with van der Waals surface area (Å²) in [6.45, 7) is 7.36. The molecule has 234 valence electrons. The van der Waals surface area contributed by atoms with Gasteiger partial charge in [-0.2, -0.15) is 13.2 Å². The van der Waals surface area contributed by atoms with E-state index >= 15 is 0 Å². The van der Waals surface area contributed by atoms with Crippen LogP contribution in [0.25, 0.3) is 22.3 Å². The van der Waals surface area contributed by atoms with Crippen molar-refractivity contribution >= 4 is 50.4 Å². The van der Waals surface area contributed by atoms with E-state index in [1.807, 2.05) is 33.8 Å². The molecule has 43 heavy (non-hydrogen) atoms. The molecular formula is C28H34ClF3N6O4S. The number of benzene rings is 1. The summed E-state index contributed by atoms with van der Waals surface area (Å²) in [7, 11) is -4.25. The highest BCUT2D eigenvalue weighted by Gasteiger charge is 2.30. The summed E-state index contributed by atoms with van der Waals surface area (Å²) in [6, 6.07) is 6.45. The second-order valence-electron chi connectivity index (χ2n) is 11.6. The number of nitrogens with one attached hydrogen (secondary N) is 3. The normalized spacial score (nSPS) is 17.9. The second-order valence-corrected chi connectivity index (χ2v) is 13.8. The van der Waals surface area contributed by atoms with Crippen molar-refractivity contribution in [3.63, 3.8) is 0 Å². The van der Waals surface area contributed by atoms with Crippen molar-refractivity contribution in [3.05, 3.63) is 41.0 Å². The number of hydrogen-bond acceptors (Lipinski definition) is 8. The van der Waals surface area contributed by atoms with Gasteiger partial charge in [-0.3, -0.25) is 4.72 Å². The maximum Gasteiger partial charge on any atom is 0.407 e. The van der Waals surface area contributed by atoms with E-state index in [-0.39, 0.29) is 22.8 Å². The lowest BCUT2D eigenvalue weighted by Crippen LogP contribution is -2.42. The average Bonchev–Trinajstić information content (AvgIpc) is 2.88. The number of rotatable bonds is 8. The van der Waals surface area contributed by atoms with Gasteiger partial charge < -0.3 is 15.4 Å². The van der Waals surface area contributed by atoms with Gasteiger partial charge in [0.15, 0.2) is 0 Å². The van der Waals surface area contributed by atoms with Gasteiger partial charge in [0.25, 0.3) is 0 Å². The fraction of sp³-hybridized carbons (Fsp3) is 0.500. The van der Waals surface area contributed by atoms with E-state index in [0.29, 0.717) is 28.2 Å². The van der Waals surface area contributed by atoms with E-state index in [1.165, 1.54) is 12.1 Å². The predicted molar refractivity (Wildman–Crippen MR) is 160 cm³/mol. The Hall–Kier alpha value is -3.39. The molecule has 4 rings (SSSR count). The number of aryl methyl sites for hydroxylation is 1. The minimum Gasteiger partial charge on any atom is -0.444 e. The molecule has 15 heteroatoms. The number of carbonyl (C=O) groups excluding carboxylic acids is 1. The largest absolute Gasteiger partial charge is 0.444 e. The Morgan fingerprint density at radius 3 is 2.37 bits per heavy atom. The molecule has 1 amide bonds. The number of alkyl carbamates (subject to hydrolysis) is 1. The average molecular weight is 643 g/mol. The molecular weight excluding hydrogens is 609 g/mol. The van der Waals surface area contributed by atoms with E-state index in [9.17, 15) is 26.4 Å². The number of aromatic nitrogens is 3. The highest BCUT2D eigenvalue weighted by Crippen LogP contribution is 2.31. The van der Waals surface area contributed by atoms with Crippen molar-refractivity contribution in [1.82, 2.24) is 20.3 Å².